The number of carbonyl (C=O) groups is 1. The number of halogens is 4. The van der Waals surface area contributed by atoms with E-state index in [0.717, 1.165) is 25.3 Å². The highest BCUT2D eigenvalue weighted by Crippen LogP contribution is 2.35. The van der Waals surface area contributed by atoms with Gasteiger partial charge in [-0.15, -0.1) is 0 Å². The first-order valence-electron chi connectivity index (χ1n) is 6.72. The Balaban J connectivity index is 2.39. The molecule has 1 aromatic rings. The van der Waals surface area contributed by atoms with Crippen LogP contribution in [-0.2, 0) is 6.18 Å². The van der Waals surface area contributed by atoms with Gasteiger partial charge in [0.25, 0.3) is 5.91 Å². The number of rotatable bonds is 2. The second-order valence-corrected chi connectivity index (χ2v) is 5.99. The zero-order valence-corrected chi connectivity index (χ0v) is 12.9. The summed E-state index contributed by atoms with van der Waals surface area (Å²) >= 11 is 3.01. The van der Waals surface area contributed by atoms with Gasteiger partial charge in [-0.05, 0) is 37.5 Å². The van der Waals surface area contributed by atoms with E-state index in [0.29, 0.717) is 11.0 Å². The lowest BCUT2D eigenvalue weighted by Gasteiger charge is -2.35. The summed E-state index contributed by atoms with van der Waals surface area (Å²) in [6.07, 6.45) is -2.10. The average molecular weight is 365 g/mol. The maximum absolute atomic E-state index is 13.1. The minimum Gasteiger partial charge on any atom is -0.334 e. The molecule has 1 heterocycles. The Kier molecular flexibility index (Phi) is 4.93. The third kappa shape index (κ3) is 3.58. The second kappa shape index (κ2) is 6.36. The van der Waals surface area contributed by atoms with Gasteiger partial charge < -0.3 is 10.6 Å². The Morgan fingerprint density at radius 2 is 2.10 bits per heavy atom. The first kappa shape index (κ1) is 16.3. The standard InChI is InChI=1S/C14H16BrF3N2O/c15-9-4-5-11(12(7-9)14(16,17)18)13(21)20-6-2-1-3-10(20)8-19/h4-5,7,10H,1-3,6,8,19H2. The van der Waals surface area contributed by atoms with Crippen LogP contribution in [0.5, 0.6) is 0 Å². The largest absolute Gasteiger partial charge is 0.417 e. The average Bonchev–Trinajstić information content (AvgIpc) is 2.45. The quantitative estimate of drug-likeness (QED) is 0.873. The van der Waals surface area contributed by atoms with Gasteiger partial charge >= 0.3 is 6.18 Å². The molecule has 1 atom stereocenters. The molecule has 3 nitrogen and oxygen atoms in total. The Morgan fingerprint density at radius 3 is 2.71 bits per heavy atom. The van der Waals surface area contributed by atoms with Gasteiger partial charge in [-0.1, -0.05) is 15.9 Å². The fourth-order valence-electron chi connectivity index (χ4n) is 2.61. The molecule has 0 aliphatic carbocycles. The lowest BCUT2D eigenvalue weighted by Crippen LogP contribution is -2.47. The van der Waals surface area contributed by atoms with E-state index in [2.05, 4.69) is 15.9 Å². The highest BCUT2D eigenvalue weighted by molar-refractivity contribution is 9.10. The summed E-state index contributed by atoms with van der Waals surface area (Å²) in [5.74, 6) is -0.593. The molecule has 0 radical (unpaired) electrons. The molecule has 1 aromatic carbocycles. The van der Waals surface area contributed by atoms with Crippen molar-refractivity contribution in [2.24, 2.45) is 5.73 Å². The minimum atomic E-state index is -4.57. The second-order valence-electron chi connectivity index (χ2n) is 5.07. The molecule has 0 bridgehead atoms. The number of amides is 1. The van der Waals surface area contributed by atoms with Crippen LogP contribution in [-0.4, -0.2) is 29.9 Å². The Morgan fingerprint density at radius 1 is 1.38 bits per heavy atom. The summed E-state index contributed by atoms with van der Waals surface area (Å²) in [6.45, 7) is 0.720. The summed E-state index contributed by atoms with van der Waals surface area (Å²) < 4.78 is 39.6. The van der Waals surface area contributed by atoms with Crippen LogP contribution in [0.4, 0.5) is 13.2 Å². The van der Waals surface area contributed by atoms with E-state index < -0.39 is 17.6 Å². The molecule has 0 aromatic heterocycles. The highest BCUT2D eigenvalue weighted by atomic mass is 79.9. The predicted molar refractivity (Wildman–Crippen MR) is 76.9 cm³/mol. The van der Waals surface area contributed by atoms with E-state index in [1.165, 1.54) is 17.0 Å². The molecule has 21 heavy (non-hydrogen) atoms. The van der Waals surface area contributed by atoms with Crippen LogP contribution in [0.25, 0.3) is 0 Å². The van der Waals surface area contributed by atoms with Crippen molar-refractivity contribution in [2.45, 2.75) is 31.5 Å². The number of hydrogen-bond acceptors (Lipinski definition) is 2. The Bertz CT molecular complexity index is 533. The van der Waals surface area contributed by atoms with Crippen LogP contribution in [0.2, 0.25) is 0 Å². The monoisotopic (exact) mass is 364 g/mol. The molecule has 0 spiro atoms. The molecule has 1 aliphatic rings. The number of alkyl halides is 3. The lowest BCUT2D eigenvalue weighted by atomic mass is 9.99. The van der Waals surface area contributed by atoms with Crippen LogP contribution in [0.1, 0.15) is 35.2 Å². The normalized spacial score (nSPS) is 19.7. The van der Waals surface area contributed by atoms with E-state index in [1.807, 2.05) is 0 Å². The molecule has 1 aliphatic heterocycles. The van der Waals surface area contributed by atoms with Crippen LogP contribution >= 0.6 is 15.9 Å². The maximum Gasteiger partial charge on any atom is 0.417 e. The number of hydrogen-bond donors (Lipinski definition) is 1. The van der Waals surface area contributed by atoms with E-state index >= 15 is 0 Å². The smallest absolute Gasteiger partial charge is 0.334 e. The van der Waals surface area contributed by atoms with Crippen molar-refractivity contribution in [2.75, 3.05) is 13.1 Å². The van der Waals surface area contributed by atoms with Gasteiger partial charge in [0.1, 0.15) is 0 Å². The first-order valence-corrected chi connectivity index (χ1v) is 7.51. The number of likely N-dealkylation sites (tertiary alicyclic amines) is 1. The molecule has 2 rings (SSSR count). The fraction of sp³-hybridized carbons (Fsp3) is 0.500. The number of benzene rings is 1. The highest BCUT2D eigenvalue weighted by Gasteiger charge is 2.37. The van der Waals surface area contributed by atoms with Crippen molar-refractivity contribution in [1.82, 2.24) is 4.90 Å². The van der Waals surface area contributed by atoms with Crippen molar-refractivity contribution in [3.8, 4) is 0 Å². The fourth-order valence-corrected chi connectivity index (χ4v) is 2.97. The summed E-state index contributed by atoms with van der Waals surface area (Å²) in [5.41, 5.74) is 4.41. The summed E-state index contributed by atoms with van der Waals surface area (Å²) in [4.78, 5) is 14.0. The predicted octanol–water partition coefficient (Wildman–Crippen LogP) is 3.42. The molecule has 1 unspecified atom stereocenters. The van der Waals surface area contributed by atoms with E-state index in [1.54, 1.807) is 0 Å². The maximum atomic E-state index is 13.1. The van der Waals surface area contributed by atoms with Crippen LogP contribution in [0.15, 0.2) is 22.7 Å². The number of nitrogens with two attached hydrogens (primary N) is 1. The summed E-state index contributed by atoms with van der Waals surface area (Å²) in [7, 11) is 0. The van der Waals surface area contributed by atoms with Crippen molar-refractivity contribution in [3.05, 3.63) is 33.8 Å². The molecule has 1 amide bonds. The van der Waals surface area contributed by atoms with Crippen molar-refractivity contribution < 1.29 is 18.0 Å². The zero-order valence-electron chi connectivity index (χ0n) is 11.3. The van der Waals surface area contributed by atoms with Crippen molar-refractivity contribution >= 4 is 21.8 Å². The SMILES string of the molecule is NCC1CCCCN1C(=O)c1ccc(Br)cc1C(F)(F)F. The van der Waals surface area contributed by atoms with Gasteiger partial charge in [0.2, 0.25) is 0 Å². The summed E-state index contributed by atoms with van der Waals surface area (Å²) in [6, 6.07) is 3.42. The van der Waals surface area contributed by atoms with Gasteiger partial charge in [0.15, 0.2) is 0 Å². The van der Waals surface area contributed by atoms with E-state index in [9.17, 15) is 18.0 Å². The van der Waals surface area contributed by atoms with Gasteiger partial charge in [0, 0.05) is 23.6 Å². The Labute approximate surface area is 129 Å². The molecule has 116 valence electrons. The zero-order chi connectivity index (χ0) is 15.6. The Hall–Kier alpha value is -1.08. The van der Waals surface area contributed by atoms with Crippen molar-refractivity contribution in [3.63, 3.8) is 0 Å². The number of carbonyl (C=O) groups excluding carboxylic acids is 1. The topological polar surface area (TPSA) is 46.3 Å². The van der Waals surface area contributed by atoms with Crippen LogP contribution < -0.4 is 5.73 Å². The van der Waals surface area contributed by atoms with Crippen LogP contribution in [0, 0.1) is 0 Å². The molecule has 1 fully saturated rings. The molecular formula is C14H16BrF3N2O. The molecule has 7 heteroatoms. The molecular weight excluding hydrogens is 349 g/mol. The third-order valence-electron chi connectivity index (χ3n) is 3.68. The molecule has 2 N–H and O–H groups in total. The van der Waals surface area contributed by atoms with Crippen LogP contribution in [0.3, 0.4) is 0 Å². The van der Waals surface area contributed by atoms with Gasteiger partial charge in [-0.2, -0.15) is 13.2 Å². The minimum absolute atomic E-state index is 0.184. The summed E-state index contributed by atoms with van der Waals surface area (Å²) in [5, 5.41) is 0. The van der Waals surface area contributed by atoms with E-state index in [4.69, 9.17) is 5.73 Å². The van der Waals surface area contributed by atoms with Gasteiger partial charge in [0.05, 0.1) is 11.1 Å². The molecule has 1 saturated heterocycles. The molecule has 0 saturated carbocycles. The van der Waals surface area contributed by atoms with Gasteiger partial charge in [-0.3, -0.25) is 4.79 Å². The number of piperidine rings is 1. The van der Waals surface area contributed by atoms with Gasteiger partial charge in [-0.25, -0.2) is 0 Å². The number of nitrogens with zero attached hydrogens (tertiary/aromatic N) is 1. The first-order chi connectivity index (χ1) is 9.84. The van der Waals surface area contributed by atoms with Crippen molar-refractivity contribution in [1.29, 1.82) is 0 Å². The van der Waals surface area contributed by atoms with E-state index in [-0.39, 0.29) is 18.2 Å². The third-order valence-corrected chi connectivity index (χ3v) is 4.17. The lowest BCUT2D eigenvalue weighted by molar-refractivity contribution is -0.138.